The molecule has 6 heteroatoms. The summed E-state index contributed by atoms with van der Waals surface area (Å²) in [5, 5.41) is 10.9. The minimum absolute atomic E-state index is 0.180. The van der Waals surface area contributed by atoms with Gasteiger partial charge in [0.1, 0.15) is 5.82 Å². The number of nitro benzene ring substituents is 1. The van der Waals surface area contributed by atoms with Gasteiger partial charge in [-0.1, -0.05) is 6.07 Å². The Bertz CT molecular complexity index is 758. The van der Waals surface area contributed by atoms with E-state index in [0.717, 1.165) is 6.07 Å². The topological polar surface area (TPSA) is 60.2 Å². The second kappa shape index (κ2) is 3.96. The van der Waals surface area contributed by atoms with Crippen molar-refractivity contribution < 1.29 is 14.1 Å². The predicted octanol–water partition coefficient (Wildman–Crippen LogP) is 3.71. The van der Waals surface area contributed by atoms with Gasteiger partial charge in [0.25, 0.3) is 5.69 Å². The molecule has 0 aromatic heterocycles. The summed E-state index contributed by atoms with van der Waals surface area (Å²) in [6, 6.07) is 6.66. The highest BCUT2D eigenvalue weighted by molar-refractivity contribution is 9.10. The van der Waals surface area contributed by atoms with Crippen LogP contribution in [-0.2, 0) is 0 Å². The molecule has 1 aliphatic carbocycles. The molecule has 0 aliphatic heterocycles. The number of nitrogens with zero attached hydrogens (tertiary/aromatic N) is 1. The van der Waals surface area contributed by atoms with Gasteiger partial charge >= 0.3 is 0 Å². The monoisotopic (exact) mass is 321 g/mol. The van der Waals surface area contributed by atoms with Crippen molar-refractivity contribution in [2.45, 2.75) is 0 Å². The molecule has 19 heavy (non-hydrogen) atoms. The molecule has 94 valence electrons. The molecule has 0 fully saturated rings. The minimum atomic E-state index is -0.568. The zero-order chi connectivity index (χ0) is 13.7. The molecule has 0 spiro atoms. The van der Waals surface area contributed by atoms with Gasteiger partial charge in [-0.25, -0.2) is 4.39 Å². The lowest BCUT2D eigenvalue weighted by Gasteiger charge is -2.01. The van der Waals surface area contributed by atoms with Crippen molar-refractivity contribution in [3.8, 4) is 11.1 Å². The summed E-state index contributed by atoms with van der Waals surface area (Å²) < 4.78 is 13.5. The van der Waals surface area contributed by atoms with E-state index in [4.69, 9.17) is 0 Å². The molecule has 0 N–H and O–H groups in total. The number of carbonyl (C=O) groups is 1. The fraction of sp³-hybridized carbons (Fsp3) is 0. The molecule has 3 rings (SSSR count). The summed E-state index contributed by atoms with van der Waals surface area (Å²) in [4.78, 5) is 22.4. The van der Waals surface area contributed by atoms with E-state index in [9.17, 15) is 19.3 Å². The van der Waals surface area contributed by atoms with E-state index in [1.54, 1.807) is 0 Å². The van der Waals surface area contributed by atoms with Gasteiger partial charge in [-0.2, -0.15) is 0 Å². The number of hydrogen-bond acceptors (Lipinski definition) is 3. The van der Waals surface area contributed by atoms with Crippen molar-refractivity contribution in [1.29, 1.82) is 0 Å². The third-order valence-electron chi connectivity index (χ3n) is 3.04. The van der Waals surface area contributed by atoms with Crippen molar-refractivity contribution in [3.63, 3.8) is 0 Å². The quantitative estimate of drug-likeness (QED) is 0.507. The number of rotatable bonds is 1. The van der Waals surface area contributed by atoms with Crippen molar-refractivity contribution in [2.24, 2.45) is 0 Å². The maximum atomic E-state index is 13.2. The van der Waals surface area contributed by atoms with Crippen molar-refractivity contribution >= 4 is 27.4 Å². The molecule has 0 atom stereocenters. The van der Waals surface area contributed by atoms with E-state index >= 15 is 0 Å². The molecule has 0 amide bonds. The second-order valence-corrected chi connectivity index (χ2v) is 4.98. The number of halogens is 2. The van der Waals surface area contributed by atoms with Gasteiger partial charge in [-0.05, 0) is 45.3 Å². The zero-order valence-corrected chi connectivity index (χ0v) is 10.9. The van der Waals surface area contributed by atoms with Crippen LogP contribution >= 0.6 is 15.9 Å². The van der Waals surface area contributed by atoms with Crippen LogP contribution in [-0.4, -0.2) is 10.7 Å². The largest absolute Gasteiger partial charge is 0.289 e. The van der Waals surface area contributed by atoms with E-state index in [1.165, 1.54) is 24.3 Å². The molecule has 0 unspecified atom stereocenters. The average molecular weight is 322 g/mol. The fourth-order valence-corrected chi connectivity index (χ4v) is 2.68. The SMILES string of the molecule is O=C1c2cc(F)ccc2-c2cc(Br)c([N+](=O)[O-])cc21. The third-order valence-corrected chi connectivity index (χ3v) is 3.68. The van der Waals surface area contributed by atoms with Crippen LogP contribution in [0.4, 0.5) is 10.1 Å². The molecule has 2 aromatic rings. The lowest BCUT2D eigenvalue weighted by atomic mass is 10.1. The maximum absolute atomic E-state index is 13.2. The Morgan fingerprint density at radius 1 is 1.05 bits per heavy atom. The van der Waals surface area contributed by atoms with Crippen LogP contribution in [0.5, 0.6) is 0 Å². The van der Waals surface area contributed by atoms with Gasteiger partial charge in [0.05, 0.1) is 9.40 Å². The van der Waals surface area contributed by atoms with E-state index in [-0.39, 0.29) is 22.6 Å². The van der Waals surface area contributed by atoms with Crippen LogP contribution in [0.25, 0.3) is 11.1 Å². The first-order valence-corrected chi connectivity index (χ1v) is 6.11. The molecule has 0 saturated heterocycles. The molecule has 1 aliphatic rings. The minimum Gasteiger partial charge on any atom is -0.289 e. The van der Waals surface area contributed by atoms with Crippen LogP contribution in [0.3, 0.4) is 0 Å². The highest BCUT2D eigenvalue weighted by atomic mass is 79.9. The van der Waals surface area contributed by atoms with E-state index in [1.807, 2.05) is 0 Å². The van der Waals surface area contributed by atoms with Gasteiger partial charge in [-0.3, -0.25) is 14.9 Å². The summed E-state index contributed by atoms with van der Waals surface area (Å²) in [5.74, 6) is -0.895. The van der Waals surface area contributed by atoms with Crippen LogP contribution in [0.1, 0.15) is 15.9 Å². The second-order valence-electron chi connectivity index (χ2n) is 4.13. The number of fused-ring (bicyclic) bond motifs is 3. The number of ketones is 1. The Hall–Kier alpha value is -2.08. The van der Waals surface area contributed by atoms with E-state index in [2.05, 4.69) is 15.9 Å². The van der Waals surface area contributed by atoms with Gasteiger partial charge in [0.2, 0.25) is 0 Å². The highest BCUT2D eigenvalue weighted by Gasteiger charge is 2.30. The number of carbonyl (C=O) groups excluding carboxylic acids is 1. The first-order valence-electron chi connectivity index (χ1n) is 5.31. The Morgan fingerprint density at radius 2 is 1.74 bits per heavy atom. The van der Waals surface area contributed by atoms with Crippen molar-refractivity contribution in [1.82, 2.24) is 0 Å². The van der Waals surface area contributed by atoms with Crippen molar-refractivity contribution in [3.05, 3.63) is 61.9 Å². The molecular weight excluding hydrogens is 317 g/mol. The molecule has 0 heterocycles. The first kappa shape index (κ1) is 12.0. The van der Waals surface area contributed by atoms with Crippen molar-refractivity contribution in [2.75, 3.05) is 0 Å². The smallest absolute Gasteiger partial charge is 0.284 e. The standard InChI is InChI=1S/C13H5BrFNO3/c14-11-4-8-7-2-1-6(15)3-9(7)13(17)10(8)5-12(11)16(18)19/h1-5H. The third kappa shape index (κ3) is 1.67. The van der Waals surface area contributed by atoms with E-state index < -0.39 is 10.7 Å². The summed E-state index contributed by atoms with van der Waals surface area (Å²) in [6.07, 6.45) is 0. The summed E-state index contributed by atoms with van der Waals surface area (Å²) in [6.45, 7) is 0. The maximum Gasteiger partial charge on any atom is 0.284 e. The summed E-state index contributed by atoms with van der Waals surface area (Å²) >= 11 is 3.11. The highest BCUT2D eigenvalue weighted by Crippen LogP contribution is 2.41. The molecular formula is C13H5BrFNO3. The molecule has 2 aromatic carbocycles. The molecule has 0 saturated carbocycles. The van der Waals surface area contributed by atoms with Gasteiger partial charge in [0, 0.05) is 17.2 Å². The van der Waals surface area contributed by atoms with Gasteiger partial charge < -0.3 is 0 Å². The van der Waals surface area contributed by atoms with Crippen LogP contribution < -0.4 is 0 Å². The predicted molar refractivity (Wildman–Crippen MR) is 69.6 cm³/mol. The van der Waals surface area contributed by atoms with Gasteiger partial charge in [0.15, 0.2) is 5.78 Å². The first-order chi connectivity index (χ1) is 8.99. The van der Waals surface area contributed by atoms with Gasteiger partial charge in [-0.15, -0.1) is 0 Å². The Morgan fingerprint density at radius 3 is 2.42 bits per heavy atom. The Balaban J connectivity index is 2.31. The molecule has 0 radical (unpaired) electrons. The van der Waals surface area contributed by atoms with Crippen LogP contribution in [0, 0.1) is 15.9 Å². The van der Waals surface area contributed by atoms with Crippen LogP contribution in [0.15, 0.2) is 34.8 Å². The summed E-state index contributed by atoms with van der Waals surface area (Å²) in [5.41, 5.74) is 1.47. The normalized spacial score (nSPS) is 12.2. The average Bonchev–Trinajstić information content (AvgIpc) is 2.61. The fourth-order valence-electron chi connectivity index (χ4n) is 2.20. The zero-order valence-electron chi connectivity index (χ0n) is 9.31. The Labute approximate surface area is 115 Å². The Kier molecular flexibility index (Phi) is 2.50. The molecule has 4 nitrogen and oxygen atoms in total. The number of benzene rings is 2. The molecule has 0 bridgehead atoms. The number of nitro groups is 1. The lowest BCUT2D eigenvalue weighted by Crippen LogP contribution is -1.97. The van der Waals surface area contributed by atoms with Crippen LogP contribution in [0.2, 0.25) is 0 Å². The number of hydrogen-bond donors (Lipinski definition) is 0. The summed E-state index contributed by atoms with van der Waals surface area (Å²) in [7, 11) is 0. The lowest BCUT2D eigenvalue weighted by molar-refractivity contribution is -0.385. The van der Waals surface area contributed by atoms with E-state index in [0.29, 0.717) is 15.6 Å².